The van der Waals surface area contributed by atoms with Crippen LogP contribution >= 0.6 is 0 Å². The van der Waals surface area contributed by atoms with Gasteiger partial charge in [-0.1, -0.05) is 24.3 Å². The molecule has 3 rings (SSSR count). The summed E-state index contributed by atoms with van der Waals surface area (Å²) in [5.74, 6) is -0.379. The smallest absolute Gasteiger partial charge is 0.317 e. The van der Waals surface area contributed by atoms with E-state index < -0.39 is 5.97 Å². The van der Waals surface area contributed by atoms with Crippen molar-refractivity contribution in [3.8, 4) is 5.75 Å². The van der Waals surface area contributed by atoms with Crippen LogP contribution in [0.2, 0.25) is 0 Å². The fourth-order valence-corrected chi connectivity index (χ4v) is 3.33. The number of carboxylic acid groups (broad SMARTS) is 1. The minimum absolute atomic E-state index is 0.138. The molecule has 2 N–H and O–H groups in total. The zero-order valence-electron chi connectivity index (χ0n) is 13.8. The van der Waals surface area contributed by atoms with Crippen LogP contribution in [0.4, 0.5) is 0 Å². The van der Waals surface area contributed by atoms with Gasteiger partial charge in [0.2, 0.25) is 0 Å². The molecule has 1 aliphatic rings. The Morgan fingerprint density at radius 1 is 1.00 bits per heavy atom. The van der Waals surface area contributed by atoms with E-state index in [0.717, 1.165) is 61.9 Å². The second-order valence-corrected chi connectivity index (χ2v) is 6.44. The molecule has 0 radical (unpaired) electrons. The third-order valence-electron chi connectivity index (χ3n) is 4.69. The molecule has 2 aromatic rings. The van der Waals surface area contributed by atoms with Gasteiger partial charge in [0, 0.05) is 26.2 Å². The van der Waals surface area contributed by atoms with Gasteiger partial charge in [-0.15, -0.1) is 0 Å². The van der Waals surface area contributed by atoms with Gasteiger partial charge in [-0.25, -0.2) is 0 Å². The molecular weight excluding hydrogens is 304 g/mol. The minimum atomic E-state index is -0.754. The number of phenolic OH excluding ortho intramolecular Hbond substituents is 1. The number of aliphatic carboxylic acids is 1. The van der Waals surface area contributed by atoms with E-state index in [1.165, 1.54) is 0 Å². The number of carboxylic acids is 1. The molecule has 1 fully saturated rings. The standard InChI is InChI=1S/C19H24N2O3/c22-18-13-16-5-2-1-4-15(16)12-17(18)6-3-7-20-8-10-21(11-9-20)14-19(23)24/h1-2,4-5,12-13,22H,3,6-11,14H2,(H,23,24). The number of phenols is 1. The highest BCUT2D eigenvalue weighted by Gasteiger charge is 2.18. The predicted octanol–water partition coefficient (Wildman–Crippen LogP) is 2.18. The lowest BCUT2D eigenvalue weighted by atomic mass is 10.0. The number of piperazine rings is 1. The fraction of sp³-hybridized carbons (Fsp3) is 0.421. The van der Waals surface area contributed by atoms with Crippen molar-refractivity contribution >= 4 is 16.7 Å². The molecule has 128 valence electrons. The molecule has 0 bridgehead atoms. The molecule has 0 aromatic heterocycles. The van der Waals surface area contributed by atoms with Crippen molar-refractivity contribution in [3.63, 3.8) is 0 Å². The SMILES string of the molecule is O=C(O)CN1CCN(CCCc2cc3ccccc3cc2O)CC1. The molecule has 1 aliphatic heterocycles. The summed E-state index contributed by atoms with van der Waals surface area (Å²) in [6.45, 7) is 4.57. The zero-order chi connectivity index (χ0) is 16.9. The van der Waals surface area contributed by atoms with Crippen molar-refractivity contribution in [2.24, 2.45) is 0 Å². The van der Waals surface area contributed by atoms with Crippen LogP contribution in [0.3, 0.4) is 0 Å². The summed E-state index contributed by atoms with van der Waals surface area (Å²) in [5, 5.41) is 21.2. The first-order valence-electron chi connectivity index (χ1n) is 8.49. The number of rotatable bonds is 6. The van der Waals surface area contributed by atoms with Gasteiger partial charge in [0.15, 0.2) is 0 Å². The number of hydrogen-bond donors (Lipinski definition) is 2. The third kappa shape index (κ3) is 4.24. The molecule has 0 spiro atoms. The quantitative estimate of drug-likeness (QED) is 0.851. The number of aryl methyl sites for hydroxylation is 1. The summed E-state index contributed by atoms with van der Waals surface area (Å²) in [6, 6.07) is 12.0. The van der Waals surface area contributed by atoms with Crippen LogP contribution in [0.1, 0.15) is 12.0 Å². The lowest BCUT2D eigenvalue weighted by Gasteiger charge is -2.33. The maximum atomic E-state index is 10.7. The average Bonchev–Trinajstić information content (AvgIpc) is 2.56. The van der Waals surface area contributed by atoms with Gasteiger partial charge in [-0.2, -0.15) is 0 Å². The Morgan fingerprint density at radius 2 is 1.62 bits per heavy atom. The second kappa shape index (κ2) is 7.64. The highest BCUT2D eigenvalue weighted by molar-refractivity contribution is 5.84. The summed E-state index contributed by atoms with van der Waals surface area (Å²) in [6.07, 6.45) is 1.84. The molecule has 24 heavy (non-hydrogen) atoms. The minimum Gasteiger partial charge on any atom is -0.508 e. The topological polar surface area (TPSA) is 64.0 Å². The molecule has 5 nitrogen and oxygen atoms in total. The predicted molar refractivity (Wildman–Crippen MR) is 94.4 cm³/mol. The van der Waals surface area contributed by atoms with Crippen LogP contribution in [-0.4, -0.2) is 65.3 Å². The Hall–Kier alpha value is -2.11. The van der Waals surface area contributed by atoms with Gasteiger partial charge in [0.1, 0.15) is 5.75 Å². The van der Waals surface area contributed by atoms with Crippen LogP contribution in [0.5, 0.6) is 5.75 Å². The number of fused-ring (bicyclic) bond motifs is 1. The molecule has 5 heteroatoms. The van der Waals surface area contributed by atoms with Gasteiger partial charge >= 0.3 is 5.97 Å². The van der Waals surface area contributed by atoms with E-state index in [1.54, 1.807) is 0 Å². The van der Waals surface area contributed by atoms with E-state index in [-0.39, 0.29) is 6.54 Å². The van der Waals surface area contributed by atoms with Crippen LogP contribution in [-0.2, 0) is 11.2 Å². The van der Waals surface area contributed by atoms with Crippen molar-refractivity contribution in [1.29, 1.82) is 0 Å². The maximum Gasteiger partial charge on any atom is 0.317 e. The average molecular weight is 328 g/mol. The van der Waals surface area contributed by atoms with Crippen LogP contribution in [0, 0.1) is 0 Å². The molecule has 0 amide bonds. The van der Waals surface area contributed by atoms with E-state index in [0.29, 0.717) is 5.75 Å². The summed E-state index contributed by atoms with van der Waals surface area (Å²) in [7, 11) is 0. The second-order valence-electron chi connectivity index (χ2n) is 6.44. The molecule has 0 aliphatic carbocycles. The first kappa shape index (κ1) is 16.7. The number of nitrogens with zero attached hydrogens (tertiary/aromatic N) is 2. The lowest BCUT2D eigenvalue weighted by molar-refractivity contribution is -0.138. The molecule has 0 unspecified atom stereocenters. The molecular formula is C19H24N2O3. The number of hydrogen-bond acceptors (Lipinski definition) is 4. The van der Waals surface area contributed by atoms with Gasteiger partial charge in [-0.3, -0.25) is 9.69 Å². The van der Waals surface area contributed by atoms with Gasteiger partial charge < -0.3 is 15.1 Å². The Bertz CT molecular complexity index is 709. The van der Waals surface area contributed by atoms with Crippen molar-refractivity contribution < 1.29 is 15.0 Å². The van der Waals surface area contributed by atoms with E-state index in [1.807, 2.05) is 29.2 Å². The van der Waals surface area contributed by atoms with Crippen molar-refractivity contribution in [2.45, 2.75) is 12.8 Å². The number of carbonyl (C=O) groups is 1. The summed E-state index contributed by atoms with van der Waals surface area (Å²) in [4.78, 5) is 15.1. The summed E-state index contributed by atoms with van der Waals surface area (Å²) < 4.78 is 0. The maximum absolute atomic E-state index is 10.7. The summed E-state index contributed by atoms with van der Waals surface area (Å²) >= 11 is 0. The van der Waals surface area contributed by atoms with Crippen molar-refractivity contribution in [1.82, 2.24) is 9.80 Å². The molecule has 2 aromatic carbocycles. The van der Waals surface area contributed by atoms with Crippen LogP contribution in [0.15, 0.2) is 36.4 Å². The Kier molecular flexibility index (Phi) is 5.33. The Labute approximate surface area is 142 Å². The zero-order valence-corrected chi connectivity index (χ0v) is 13.8. The van der Waals surface area contributed by atoms with Crippen LogP contribution < -0.4 is 0 Å². The van der Waals surface area contributed by atoms with Crippen LogP contribution in [0.25, 0.3) is 10.8 Å². The number of aromatic hydroxyl groups is 1. The van der Waals surface area contributed by atoms with E-state index >= 15 is 0 Å². The Morgan fingerprint density at radius 3 is 2.29 bits per heavy atom. The van der Waals surface area contributed by atoms with E-state index in [4.69, 9.17) is 5.11 Å². The normalized spacial score (nSPS) is 16.5. The number of benzene rings is 2. The third-order valence-corrected chi connectivity index (χ3v) is 4.69. The van der Waals surface area contributed by atoms with E-state index in [9.17, 15) is 9.90 Å². The van der Waals surface area contributed by atoms with E-state index in [2.05, 4.69) is 17.0 Å². The first-order valence-corrected chi connectivity index (χ1v) is 8.49. The molecule has 1 saturated heterocycles. The summed E-state index contributed by atoms with van der Waals surface area (Å²) in [5.41, 5.74) is 0.998. The highest BCUT2D eigenvalue weighted by Crippen LogP contribution is 2.26. The molecule has 0 saturated carbocycles. The van der Waals surface area contributed by atoms with Gasteiger partial charge in [0.05, 0.1) is 6.54 Å². The largest absolute Gasteiger partial charge is 0.508 e. The van der Waals surface area contributed by atoms with Crippen molar-refractivity contribution in [2.75, 3.05) is 39.3 Å². The first-order chi connectivity index (χ1) is 11.6. The van der Waals surface area contributed by atoms with Crippen molar-refractivity contribution in [3.05, 3.63) is 42.0 Å². The fourth-order valence-electron chi connectivity index (χ4n) is 3.33. The Balaban J connectivity index is 1.49. The highest BCUT2D eigenvalue weighted by atomic mass is 16.4. The lowest BCUT2D eigenvalue weighted by Crippen LogP contribution is -2.48. The molecule has 1 heterocycles. The molecule has 0 atom stereocenters. The monoisotopic (exact) mass is 328 g/mol. The van der Waals surface area contributed by atoms with Gasteiger partial charge in [-0.05, 0) is 47.9 Å². The van der Waals surface area contributed by atoms with Gasteiger partial charge in [0.25, 0.3) is 0 Å².